The molecule has 1 aliphatic heterocycles. The van der Waals surface area contributed by atoms with Crippen molar-refractivity contribution in [3.05, 3.63) is 0 Å². The van der Waals surface area contributed by atoms with Gasteiger partial charge in [-0.05, 0) is 51.1 Å². The third kappa shape index (κ3) is 3.45. The van der Waals surface area contributed by atoms with Crippen molar-refractivity contribution in [2.45, 2.75) is 70.9 Å². The van der Waals surface area contributed by atoms with Crippen LogP contribution in [0.4, 0.5) is 0 Å². The zero-order chi connectivity index (χ0) is 12.1. The molecule has 0 aromatic heterocycles. The van der Waals surface area contributed by atoms with Crippen LogP contribution >= 0.6 is 0 Å². The fraction of sp³-hybridized carbons (Fsp3) is 1.00. The Labute approximate surface area is 107 Å². The minimum absolute atomic E-state index is 0.783. The monoisotopic (exact) mass is 238 g/mol. The lowest BCUT2D eigenvalue weighted by molar-refractivity contribution is 0.107. The average Bonchev–Trinajstić information content (AvgIpc) is 2.84. The molecule has 0 radical (unpaired) electrons. The van der Waals surface area contributed by atoms with E-state index in [4.69, 9.17) is 0 Å². The van der Waals surface area contributed by atoms with Crippen LogP contribution in [0.3, 0.4) is 0 Å². The van der Waals surface area contributed by atoms with Gasteiger partial charge in [-0.2, -0.15) is 0 Å². The normalized spacial score (nSPS) is 35.3. The summed E-state index contributed by atoms with van der Waals surface area (Å²) in [5.74, 6) is 0.969. The minimum atomic E-state index is 0.783. The molecule has 0 aromatic carbocycles. The maximum absolute atomic E-state index is 3.77. The van der Waals surface area contributed by atoms with Gasteiger partial charge >= 0.3 is 0 Å². The van der Waals surface area contributed by atoms with Crippen molar-refractivity contribution in [2.75, 3.05) is 19.6 Å². The number of piperidine rings is 1. The van der Waals surface area contributed by atoms with E-state index >= 15 is 0 Å². The second-order valence-corrected chi connectivity index (χ2v) is 5.97. The molecule has 100 valence electrons. The first-order chi connectivity index (χ1) is 8.35. The third-order valence-electron chi connectivity index (χ3n) is 4.73. The van der Waals surface area contributed by atoms with Gasteiger partial charge in [0, 0.05) is 18.6 Å². The molecule has 1 N–H and O–H groups in total. The summed E-state index contributed by atoms with van der Waals surface area (Å²) in [5, 5.41) is 3.77. The minimum Gasteiger partial charge on any atom is -0.312 e. The highest BCUT2D eigenvalue weighted by Crippen LogP contribution is 2.29. The lowest BCUT2D eigenvalue weighted by Gasteiger charge is -2.39. The number of rotatable bonds is 5. The Hall–Kier alpha value is -0.0800. The molecule has 0 bridgehead atoms. The van der Waals surface area contributed by atoms with Crippen LogP contribution in [0, 0.1) is 5.92 Å². The topological polar surface area (TPSA) is 15.3 Å². The predicted molar refractivity (Wildman–Crippen MR) is 74.3 cm³/mol. The molecule has 0 aromatic rings. The summed E-state index contributed by atoms with van der Waals surface area (Å²) in [6.45, 7) is 8.55. The molecular weight excluding hydrogens is 208 g/mol. The average molecular weight is 238 g/mol. The van der Waals surface area contributed by atoms with Crippen LogP contribution in [0.25, 0.3) is 0 Å². The molecule has 1 saturated heterocycles. The lowest BCUT2D eigenvalue weighted by Crippen LogP contribution is -2.50. The van der Waals surface area contributed by atoms with Crippen molar-refractivity contribution in [3.63, 3.8) is 0 Å². The van der Waals surface area contributed by atoms with Gasteiger partial charge in [0.15, 0.2) is 0 Å². The SMILES string of the molecule is CCCNC1CCCC1N1CCCC(CC)C1. The Morgan fingerprint density at radius 3 is 2.76 bits per heavy atom. The van der Waals surface area contributed by atoms with Gasteiger partial charge in [0.1, 0.15) is 0 Å². The van der Waals surface area contributed by atoms with Crippen molar-refractivity contribution in [3.8, 4) is 0 Å². The summed E-state index contributed by atoms with van der Waals surface area (Å²) in [4.78, 5) is 2.80. The van der Waals surface area contributed by atoms with Crippen LogP contribution in [-0.2, 0) is 0 Å². The van der Waals surface area contributed by atoms with Crippen LogP contribution < -0.4 is 5.32 Å². The van der Waals surface area contributed by atoms with Crippen LogP contribution in [0.15, 0.2) is 0 Å². The number of nitrogens with zero attached hydrogens (tertiary/aromatic N) is 1. The fourth-order valence-electron chi connectivity index (χ4n) is 3.68. The van der Waals surface area contributed by atoms with Gasteiger partial charge in [-0.15, -0.1) is 0 Å². The van der Waals surface area contributed by atoms with Crippen LogP contribution in [0.5, 0.6) is 0 Å². The van der Waals surface area contributed by atoms with Crippen molar-refractivity contribution < 1.29 is 0 Å². The van der Waals surface area contributed by atoms with Gasteiger partial charge in [-0.3, -0.25) is 4.90 Å². The van der Waals surface area contributed by atoms with Crippen LogP contribution in [0.1, 0.15) is 58.8 Å². The summed E-state index contributed by atoms with van der Waals surface area (Å²) >= 11 is 0. The fourth-order valence-corrected chi connectivity index (χ4v) is 3.68. The van der Waals surface area contributed by atoms with Crippen molar-refractivity contribution in [2.24, 2.45) is 5.92 Å². The smallest absolute Gasteiger partial charge is 0.0249 e. The molecule has 17 heavy (non-hydrogen) atoms. The molecule has 2 heteroatoms. The van der Waals surface area contributed by atoms with Gasteiger partial charge in [-0.25, -0.2) is 0 Å². The zero-order valence-corrected chi connectivity index (χ0v) is 11.8. The van der Waals surface area contributed by atoms with E-state index in [1.54, 1.807) is 0 Å². The predicted octanol–water partition coefficient (Wildman–Crippen LogP) is 3.03. The molecule has 3 atom stereocenters. The van der Waals surface area contributed by atoms with Gasteiger partial charge in [0.2, 0.25) is 0 Å². The highest BCUT2D eigenvalue weighted by Gasteiger charge is 2.33. The van der Waals surface area contributed by atoms with Crippen molar-refractivity contribution >= 4 is 0 Å². The second kappa shape index (κ2) is 6.75. The number of hydrogen-bond donors (Lipinski definition) is 1. The van der Waals surface area contributed by atoms with Crippen LogP contribution in [0.2, 0.25) is 0 Å². The summed E-state index contributed by atoms with van der Waals surface area (Å²) in [5.41, 5.74) is 0. The van der Waals surface area contributed by atoms with E-state index in [9.17, 15) is 0 Å². The van der Waals surface area contributed by atoms with Gasteiger partial charge < -0.3 is 5.32 Å². The molecule has 2 fully saturated rings. The Bertz CT molecular complexity index is 217. The molecule has 1 heterocycles. The second-order valence-electron chi connectivity index (χ2n) is 5.97. The summed E-state index contributed by atoms with van der Waals surface area (Å²) < 4.78 is 0. The number of nitrogens with one attached hydrogen (secondary N) is 1. The number of hydrogen-bond acceptors (Lipinski definition) is 2. The van der Waals surface area contributed by atoms with E-state index in [0.717, 1.165) is 18.0 Å². The first-order valence-electron chi connectivity index (χ1n) is 7.82. The third-order valence-corrected chi connectivity index (χ3v) is 4.73. The van der Waals surface area contributed by atoms with Gasteiger partial charge in [-0.1, -0.05) is 26.7 Å². The summed E-state index contributed by atoms with van der Waals surface area (Å²) in [6, 6.07) is 1.63. The van der Waals surface area contributed by atoms with E-state index < -0.39 is 0 Å². The van der Waals surface area contributed by atoms with E-state index in [1.807, 2.05) is 0 Å². The highest BCUT2D eigenvalue weighted by molar-refractivity contribution is 4.92. The first kappa shape index (κ1) is 13.4. The molecular formula is C15H30N2. The molecule has 2 rings (SSSR count). The molecule has 1 aliphatic carbocycles. The van der Waals surface area contributed by atoms with E-state index in [2.05, 4.69) is 24.1 Å². The Kier molecular flexibility index (Phi) is 5.30. The Morgan fingerprint density at radius 1 is 1.12 bits per heavy atom. The van der Waals surface area contributed by atoms with E-state index in [-0.39, 0.29) is 0 Å². The maximum Gasteiger partial charge on any atom is 0.0249 e. The first-order valence-corrected chi connectivity index (χ1v) is 7.82. The molecule has 0 spiro atoms. The Morgan fingerprint density at radius 2 is 2.00 bits per heavy atom. The van der Waals surface area contributed by atoms with Crippen LogP contribution in [-0.4, -0.2) is 36.6 Å². The van der Waals surface area contributed by atoms with Gasteiger partial charge in [0.25, 0.3) is 0 Å². The van der Waals surface area contributed by atoms with Gasteiger partial charge in [0.05, 0.1) is 0 Å². The molecule has 3 unspecified atom stereocenters. The summed E-state index contributed by atoms with van der Waals surface area (Å²) in [7, 11) is 0. The van der Waals surface area contributed by atoms with Crippen molar-refractivity contribution in [1.29, 1.82) is 0 Å². The summed E-state index contributed by atoms with van der Waals surface area (Å²) in [6.07, 6.45) is 9.79. The molecule has 0 amide bonds. The molecule has 2 nitrogen and oxygen atoms in total. The molecule has 2 aliphatic rings. The maximum atomic E-state index is 3.77. The van der Waals surface area contributed by atoms with E-state index in [0.29, 0.717) is 0 Å². The standard InChI is InChI=1S/C15H30N2/c1-3-10-16-14-8-5-9-15(14)17-11-6-7-13(4-2)12-17/h13-16H,3-12H2,1-2H3. The highest BCUT2D eigenvalue weighted by atomic mass is 15.2. The number of likely N-dealkylation sites (tertiary alicyclic amines) is 1. The Balaban J connectivity index is 1.86. The molecule has 1 saturated carbocycles. The largest absolute Gasteiger partial charge is 0.312 e. The van der Waals surface area contributed by atoms with E-state index in [1.165, 1.54) is 64.6 Å². The zero-order valence-electron chi connectivity index (χ0n) is 11.8. The quantitative estimate of drug-likeness (QED) is 0.792. The van der Waals surface area contributed by atoms with Crippen molar-refractivity contribution in [1.82, 2.24) is 10.2 Å². The lowest BCUT2D eigenvalue weighted by atomic mass is 9.93.